The minimum atomic E-state index is -3.79. The van der Waals surface area contributed by atoms with Gasteiger partial charge in [-0.15, -0.1) is 0 Å². The van der Waals surface area contributed by atoms with Crippen molar-refractivity contribution in [3.05, 3.63) is 95.8 Å². The van der Waals surface area contributed by atoms with Gasteiger partial charge in [-0.1, -0.05) is 60.9 Å². The molecule has 2 aliphatic rings. The van der Waals surface area contributed by atoms with Crippen LogP contribution in [0.3, 0.4) is 0 Å². The zero-order valence-corrected chi connectivity index (χ0v) is 21.7. The van der Waals surface area contributed by atoms with Crippen LogP contribution >= 0.6 is 0 Å². The van der Waals surface area contributed by atoms with Crippen LogP contribution in [-0.4, -0.2) is 38.5 Å². The molecule has 0 bridgehead atoms. The van der Waals surface area contributed by atoms with Gasteiger partial charge in [-0.25, -0.2) is 12.8 Å². The van der Waals surface area contributed by atoms with Crippen LogP contribution in [-0.2, 0) is 10.0 Å². The Balaban J connectivity index is 1.39. The van der Waals surface area contributed by atoms with Gasteiger partial charge in [0, 0.05) is 25.2 Å². The fourth-order valence-electron chi connectivity index (χ4n) is 6.05. The molecule has 1 heterocycles. The molecule has 5 rings (SSSR count). The monoisotopic (exact) mass is 506 g/mol. The summed E-state index contributed by atoms with van der Waals surface area (Å²) in [7, 11) is -3.79. The van der Waals surface area contributed by atoms with Crippen molar-refractivity contribution in [2.45, 2.75) is 68.3 Å². The smallest absolute Gasteiger partial charge is 0.264 e. The molecule has 1 saturated heterocycles. The van der Waals surface area contributed by atoms with E-state index in [4.69, 9.17) is 0 Å². The SMILES string of the molecule is Cc1ccc(S(=O)(=O)N(c2ccc(F)cc2)C2CCN([C@@H]3CCCC[C@@H]3c3ccccc3)CC2)cc1. The van der Waals surface area contributed by atoms with E-state index in [-0.39, 0.29) is 16.8 Å². The molecule has 190 valence electrons. The van der Waals surface area contributed by atoms with Gasteiger partial charge in [-0.05, 0) is 80.5 Å². The quantitative estimate of drug-likeness (QED) is 0.382. The molecule has 36 heavy (non-hydrogen) atoms. The van der Waals surface area contributed by atoms with E-state index in [0.29, 0.717) is 17.6 Å². The van der Waals surface area contributed by atoms with Crippen LogP contribution in [0.15, 0.2) is 83.8 Å². The molecule has 4 nitrogen and oxygen atoms in total. The first-order chi connectivity index (χ1) is 17.4. The third-order valence-corrected chi connectivity index (χ3v) is 9.81. The maximum Gasteiger partial charge on any atom is 0.264 e. The van der Waals surface area contributed by atoms with Gasteiger partial charge in [0.05, 0.1) is 10.6 Å². The van der Waals surface area contributed by atoms with Crippen LogP contribution < -0.4 is 4.31 Å². The second kappa shape index (κ2) is 10.7. The summed E-state index contributed by atoms with van der Waals surface area (Å²) in [6.07, 6.45) is 6.41. The van der Waals surface area contributed by atoms with Crippen LogP contribution in [0.4, 0.5) is 10.1 Å². The van der Waals surface area contributed by atoms with Gasteiger partial charge in [0.25, 0.3) is 10.0 Å². The number of aryl methyl sites for hydroxylation is 1. The Morgan fingerprint density at radius 1 is 0.806 bits per heavy atom. The molecule has 0 unspecified atom stereocenters. The Hall–Kier alpha value is -2.70. The molecule has 0 spiro atoms. The number of nitrogens with zero attached hydrogens (tertiary/aromatic N) is 2. The third kappa shape index (κ3) is 5.21. The number of hydrogen-bond donors (Lipinski definition) is 0. The fourth-order valence-corrected chi connectivity index (χ4v) is 7.76. The minimum Gasteiger partial charge on any atom is -0.300 e. The van der Waals surface area contributed by atoms with Gasteiger partial charge < -0.3 is 0 Å². The highest BCUT2D eigenvalue weighted by Gasteiger charge is 2.38. The Labute approximate surface area is 214 Å². The van der Waals surface area contributed by atoms with Crippen molar-refractivity contribution < 1.29 is 12.8 Å². The molecule has 6 heteroatoms. The van der Waals surface area contributed by atoms with Crippen LogP contribution in [0.5, 0.6) is 0 Å². The summed E-state index contributed by atoms with van der Waals surface area (Å²) in [5.74, 6) is 0.159. The van der Waals surface area contributed by atoms with Crippen LogP contribution in [0.1, 0.15) is 55.6 Å². The highest BCUT2D eigenvalue weighted by Crippen LogP contribution is 2.38. The van der Waals surface area contributed by atoms with Crippen LogP contribution in [0.25, 0.3) is 0 Å². The number of anilines is 1. The van der Waals surface area contributed by atoms with E-state index in [2.05, 4.69) is 35.2 Å². The number of sulfonamides is 1. The summed E-state index contributed by atoms with van der Waals surface area (Å²) in [5.41, 5.74) is 2.95. The molecule has 3 aromatic rings. The zero-order chi connectivity index (χ0) is 25.1. The Morgan fingerprint density at radius 3 is 2.11 bits per heavy atom. The fraction of sp³-hybridized carbons (Fsp3) is 0.400. The number of rotatable bonds is 6. The van der Waals surface area contributed by atoms with Gasteiger partial charge in [-0.3, -0.25) is 9.21 Å². The van der Waals surface area contributed by atoms with E-state index in [0.717, 1.165) is 31.5 Å². The van der Waals surface area contributed by atoms with Crippen molar-refractivity contribution in [2.24, 2.45) is 0 Å². The molecular formula is C30H35FN2O2S. The van der Waals surface area contributed by atoms with Crippen molar-refractivity contribution in [3.8, 4) is 0 Å². The Kier molecular flexibility index (Phi) is 7.44. The predicted molar refractivity (Wildman–Crippen MR) is 143 cm³/mol. The predicted octanol–water partition coefficient (Wildman–Crippen LogP) is 6.52. The summed E-state index contributed by atoms with van der Waals surface area (Å²) in [6, 6.07) is 24.0. The third-order valence-electron chi connectivity index (χ3n) is 7.92. The van der Waals surface area contributed by atoms with Gasteiger partial charge in [0.2, 0.25) is 0 Å². The van der Waals surface area contributed by atoms with Crippen molar-refractivity contribution in [1.29, 1.82) is 0 Å². The molecule has 2 fully saturated rings. The lowest BCUT2D eigenvalue weighted by Gasteiger charge is -2.45. The molecule has 0 amide bonds. The lowest BCUT2D eigenvalue weighted by Crippen LogP contribution is -2.51. The van der Waals surface area contributed by atoms with E-state index >= 15 is 0 Å². The summed E-state index contributed by atoms with van der Waals surface area (Å²) < 4.78 is 43.0. The van der Waals surface area contributed by atoms with Gasteiger partial charge >= 0.3 is 0 Å². The van der Waals surface area contributed by atoms with Crippen molar-refractivity contribution in [1.82, 2.24) is 4.90 Å². The standard InChI is InChI=1S/C30H35FN2O2S/c1-23-11-17-28(18-12-23)36(34,35)33(26-15-13-25(31)14-16-26)27-19-21-32(22-20-27)30-10-6-5-9-29(30)24-7-3-2-4-8-24/h2-4,7-8,11-18,27,29-30H,5-6,9-10,19-22H2,1H3/t29-,30-/m1/s1. The number of likely N-dealkylation sites (tertiary alicyclic amines) is 1. The highest BCUT2D eigenvalue weighted by atomic mass is 32.2. The number of hydrogen-bond acceptors (Lipinski definition) is 3. The number of piperidine rings is 1. The first-order valence-corrected chi connectivity index (χ1v) is 14.5. The van der Waals surface area contributed by atoms with E-state index in [1.807, 2.05) is 19.1 Å². The first kappa shape index (κ1) is 25.0. The molecule has 0 N–H and O–H groups in total. The first-order valence-electron chi connectivity index (χ1n) is 13.1. The lowest BCUT2D eigenvalue weighted by molar-refractivity contribution is 0.107. The summed E-state index contributed by atoms with van der Waals surface area (Å²) >= 11 is 0. The molecule has 0 aromatic heterocycles. The van der Waals surface area contributed by atoms with Crippen molar-refractivity contribution in [3.63, 3.8) is 0 Å². The average molecular weight is 507 g/mol. The largest absolute Gasteiger partial charge is 0.300 e. The molecule has 0 radical (unpaired) electrons. The van der Waals surface area contributed by atoms with Crippen LogP contribution in [0, 0.1) is 12.7 Å². The molecule has 3 aromatic carbocycles. The van der Waals surface area contributed by atoms with E-state index < -0.39 is 10.0 Å². The maximum absolute atomic E-state index is 13.9. The van der Waals surface area contributed by atoms with Gasteiger partial charge in [0.1, 0.15) is 5.82 Å². The minimum absolute atomic E-state index is 0.170. The summed E-state index contributed by atoms with van der Waals surface area (Å²) in [6.45, 7) is 3.66. The Morgan fingerprint density at radius 2 is 1.44 bits per heavy atom. The van der Waals surface area contributed by atoms with E-state index in [1.165, 1.54) is 43.4 Å². The molecule has 1 aliphatic heterocycles. The van der Waals surface area contributed by atoms with Gasteiger partial charge in [0.15, 0.2) is 0 Å². The van der Waals surface area contributed by atoms with Crippen molar-refractivity contribution >= 4 is 15.7 Å². The highest BCUT2D eigenvalue weighted by molar-refractivity contribution is 7.92. The molecular weight excluding hydrogens is 471 g/mol. The maximum atomic E-state index is 13.9. The molecule has 2 atom stereocenters. The summed E-state index contributed by atoms with van der Waals surface area (Å²) in [5, 5.41) is 0. The van der Waals surface area contributed by atoms with E-state index in [1.54, 1.807) is 28.6 Å². The molecule has 1 aliphatic carbocycles. The average Bonchev–Trinajstić information content (AvgIpc) is 2.91. The second-order valence-electron chi connectivity index (χ2n) is 10.2. The lowest BCUT2D eigenvalue weighted by atomic mass is 9.78. The zero-order valence-electron chi connectivity index (χ0n) is 20.9. The molecule has 1 saturated carbocycles. The number of benzene rings is 3. The summed E-state index contributed by atoms with van der Waals surface area (Å²) in [4.78, 5) is 2.87. The van der Waals surface area contributed by atoms with E-state index in [9.17, 15) is 12.8 Å². The van der Waals surface area contributed by atoms with Crippen LogP contribution in [0.2, 0.25) is 0 Å². The normalized spacial score (nSPS) is 21.8. The van der Waals surface area contributed by atoms with Crippen molar-refractivity contribution in [2.75, 3.05) is 17.4 Å². The van der Waals surface area contributed by atoms with Gasteiger partial charge in [-0.2, -0.15) is 0 Å². The second-order valence-corrected chi connectivity index (χ2v) is 12.0. The number of halogens is 1. The Bertz CT molecular complexity index is 1240. The topological polar surface area (TPSA) is 40.6 Å².